The third kappa shape index (κ3) is 0.283. The van der Waals surface area contributed by atoms with Gasteiger partial charge in [0.05, 0.1) is 5.60 Å². The molecule has 0 radical (unpaired) electrons. The van der Waals surface area contributed by atoms with E-state index in [1.54, 1.807) is 0 Å². The molecule has 0 spiro atoms. The minimum atomic E-state index is 0.208. The summed E-state index contributed by atoms with van der Waals surface area (Å²) in [6, 6.07) is 0. The molecule has 0 aromatic carbocycles. The largest absolute Gasteiger partial charge is 0.298 e. The summed E-state index contributed by atoms with van der Waals surface area (Å²) in [7, 11) is 0. The molecule has 2 heteroatoms. The monoisotopic (exact) mass is 99.1 g/mol. The molecule has 2 unspecified atom stereocenters. The molecule has 0 aromatic heterocycles. The zero-order valence-electron chi connectivity index (χ0n) is 4.18. The van der Waals surface area contributed by atoms with Gasteiger partial charge in [-0.3, -0.25) is 4.84 Å². The van der Waals surface area contributed by atoms with E-state index in [2.05, 4.69) is 0 Å². The van der Waals surface area contributed by atoms with Crippen LogP contribution in [0.3, 0.4) is 0 Å². The van der Waals surface area contributed by atoms with Gasteiger partial charge in [-0.05, 0) is 25.2 Å². The molecular formula is C5H9NO. The van der Waals surface area contributed by atoms with E-state index >= 15 is 0 Å². The van der Waals surface area contributed by atoms with Crippen LogP contribution in [0.2, 0.25) is 0 Å². The molecule has 2 rings (SSSR count). The SMILES string of the molecule is NOC12CCC1C2. The Morgan fingerprint density at radius 2 is 2.57 bits per heavy atom. The van der Waals surface area contributed by atoms with Crippen molar-refractivity contribution < 1.29 is 4.84 Å². The van der Waals surface area contributed by atoms with Gasteiger partial charge < -0.3 is 0 Å². The van der Waals surface area contributed by atoms with Crippen LogP contribution in [0.25, 0.3) is 0 Å². The predicted octanol–water partition coefficient (Wildman–Crippen LogP) is 0.429. The first-order chi connectivity index (χ1) is 3.37. The summed E-state index contributed by atoms with van der Waals surface area (Å²) in [5, 5.41) is 0. The normalized spacial score (nSPS) is 55.3. The summed E-state index contributed by atoms with van der Waals surface area (Å²) in [6.45, 7) is 0. The fourth-order valence-electron chi connectivity index (χ4n) is 1.44. The second kappa shape index (κ2) is 0.858. The molecule has 2 N–H and O–H groups in total. The van der Waals surface area contributed by atoms with Gasteiger partial charge in [0.2, 0.25) is 0 Å². The lowest BCUT2D eigenvalue weighted by molar-refractivity contribution is -0.0210. The van der Waals surface area contributed by atoms with Gasteiger partial charge in [-0.25, -0.2) is 5.90 Å². The minimum Gasteiger partial charge on any atom is -0.298 e. The van der Waals surface area contributed by atoms with Crippen molar-refractivity contribution in [1.29, 1.82) is 0 Å². The first-order valence-electron chi connectivity index (χ1n) is 2.75. The second-order valence-electron chi connectivity index (χ2n) is 2.62. The molecule has 2 atom stereocenters. The van der Waals surface area contributed by atoms with Gasteiger partial charge in [0, 0.05) is 0 Å². The average molecular weight is 99.1 g/mol. The van der Waals surface area contributed by atoms with E-state index in [-0.39, 0.29) is 5.60 Å². The highest BCUT2D eigenvalue weighted by atomic mass is 16.6. The summed E-state index contributed by atoms with van der Waals surface area (Å²) in [4.78, 5) is 4.75. The Labute approximate surface area is 42.6 Å². The summed E-state index contributed by atoms with van der Waals surface area (Å²) in [5.41, 5.74) is 0.208. The highest BCUT2D eigenvalue weighted by molar-refractivity contribution is 5.13. The van der Waals surface area contributed by atoms with Crippen molar-refractivity contribution >= 4 is 0 Å². The summed E-state index contributed by atoms with van der Waals surface area (Å²) >= 11 is 0. The predicted molar refractivity (Wildman–Crippen MR) is 25.3 cm³/mol. The van der Waals surface area contributed by atoms with Gasteiger partial charge >= 0.3 is 0 Å². The highest BCUT2D eigenvalue weighted by Gasteiger charge is 2.62. The third-order valence-electron chi connectivity index (χ3n) is 2.33. The fourth-order valence-corrected chi connectivity index (χ4v) is 1.44. The van der Waals surface area contributed by atoms with Crippen LogP contribution in [0, 0.1) is 5.92 Å². The fraction of sp³-hybridized carbons (Fsp3) is 1.00. The smallest absolute Gasteiger partial charge is 0.0926 e. The van der Waals surface area contributed by atoms with Gasteiger partial charge in [0.1, 0.15) is 0 Å². The van der Waals surface area contributed by atoms with Crippen molar-refractivity contribution in [3.63, 3.8) is 0 Å². The number of hydrogen-bond donors (Lipinski definition) is 1. The van der Waals surface area contributed by atoms with Crippen LogP contribution < -0.4 is 5.90 Å². The van der Waals surface area contributed by atoms with Crippen molar-refractivity contribution in [2.24, 2.45) is 11.8 Å². The van der Waals surface area contributed by atoms with Crippen molar-refractivity contribution in [1.82, 2.24) is 0 Å². The van der Waals surface area contributed by atoms with Gasteiger partial charge in [0.15, 0.2) is 0 Å². The third-order valence-corrected chi connectivity index (χ3v) is 2.33. The van der Waals surface area contributed by atoms with E-state index in [0.717, 1.165) is 5.92 Å². The number of nitrogens with two attached hydrogens (primary N) is 1. The van der Waals surface area contributed by atoms with Crippen LogP contribution in [-0.2, 0) is 4.84 Å². The molecule has 7 heavy (non-hydrogen) atoms. The van der Waals surface area contributed by atoms with E-state index in [9.17, 15) is 0 Å². The lowest BCUT2D eigenvalue weighted by Gasteiger charge is -2.21. The molecule has 0 bridgehead atoms. The molecule has 0 aromatic rings. The molecule has 0 amide bonds. The standard InChI is InChI=1S/C5H9NO/c6-7-5-2-1-4(5)3-5/h4H,1-3,6H2. The Morgan fingerprint density at radius 3 is 2.57 bits per heavy atom. The Morgan fingerprint density at radius 1 is 1.71 bits per heavy atom. The Kier molecular flexibility index (Phi) is 0.474. The minimum absolute atomic E-state index is 0.208. The summed E-state index contributed by atoms with van der Waals surface area (Å²) in [6.07, 6.45) is 3.77. The van der Waals surface area contributed by atoms with Gasteiger partial charge in [-0.2, -0.15) is 0 Å². The molecular weight excluding hydrogens is 90.1 g/mol. The molecule has 0 heterocycles. The van der Waals surface area contributed by atoms with E-state index in [1.807, 2.05) is 0 Å². The number of rotatable bonds is 1. The topological polar surface area (TPSA) is 35.2 Å². The molecule has 2 nitrogen and oxygen atoms in total. The lowest BCUT2D eigenvalue weighted by atomic mass is 9.97. The zero-order chi connectivity index (χ0) is 4.91. The number of hydrogen-bond acceptors (Lipinski definition) is 2. The highest BCUT2D eigenvalue weighted by Crippen LogP contribution is 2.61. The van der Waals surface area contributed by atoms with E-state index in [1.165, 1.54) is 19.3 Å². The summed E-state index contributed by atoms with van der Waals surface area (Å²) < 4.78 is 0. The van der Waals surface area contributed by atoms with Gasteiger partial charge in [-0.1, -0.05) is 0 Å². The zero-order valence-corrected chi connectivity index (χ0v) is 4.18. The van der Waals surface area contributed by atoms with Crippen molar-refractivity contribution in [3.8, 4) is 0 Å². The van der Waals surface area contributed by atoms with Crippen LogP contribution in [0.5, 0.6) is 0 Å². The molecule has 0 saturated heterocycles. The van der Waals surface area contributed by atoms with Crippen molar-refractivity contribution in [2.45, 2.75) is 24.9 Å². The molecule has 2 saturated carbocycles. The van der Waals surface area contributed by atoms with Crippen LogP contribution in [-0.4, -0.2) is 5.60 Å². The molecule has 0 aliphatic heterocycles. The van der Waals surface area contributed by atoms with Crippen LogP contribution in [0.15, 0.2) is 0 Å². The second-order valence-corrected chi connectivity index (χ2v) is 2.62. The first-order valence-corrected chi connectivity index (χ1v) is 2.75. The van der Waals surface area contributed by atoms with Gasteiger partial charge in [0.25, 0.3) is 0 Å². The first kappa shape index (κ1) is 3.87. The number of fused-ring (bicyclic) bond motifs is 1. The Hall–Kier alpha value is -0.0800. The van der Waals surface area contributed by atoms with E-state index < -0.39 is 0 Å². The summed E-state index contributed by atoms with van der Waals surface area (Å²) in [5.74, 6) is 5.85. The quantitative estimate of drug-likeness (QED) is 0.484. The van der Waals surface area contributed by atoms with Gasteiger partial charge in [-0.15, -0.1) is 0 Å². The van der Waals surface area contributed by atoms with Crippen LogP contribution in [0.1, 0.15) is 19.3 Å². The molecule has 2 fully saturated rings. The maximum atomic E-state index is 5.01. The van der Waals surface area contributed by atoms with E-state index in [0.29, 0.717) is 0 Å². The average Bonchev–Trinajstić information content (AvgIpc) is 2.12. The van der Waals surface area contributed by atoms with Crippen molar-refractivity contribution in [2.75, 3.05) is 0 Å². The van der Waals surface area contributed by atoms with Crippen molar-refractivity contribution in [3.05, 3.63) is 0 Å². The Bertz CT molecular complexity index is 94.7. The maximum Gasteiger partial charge on any atom is 0.0926 e. The van der Waals surface area contributed by atoms with Crippen LogP contribution in [0.4, 0.5) is 0 Å². The van der Waals surface area contributed by atoms with Crippen LogP contribution >= 0.6 is 0 Å². The molecule has 40 valence electrons. The lowest BCUT2D eigenvalue weighted by Crippen LogP contribution is -2.28. The maximum absolute atomic E-state index is 5.01. The van der Waals surface area contributed by atoms with E-state index in [4.69, 9.17) is 10.7 Å². The molecule has 2 aliphatic rings. The molecule has 2 aliphatic carbocycles. The Balaban J connectivity index is 2.06.